The average molecular weight is 272 g/mol. The molecule has 0 unspecified atom stereocenters. The first kappa shape index (κ1) is 13.0. The van der Waals surface area contributed by atoms with E-state index < -0.39 is 0 Å². The number of aromatic nitrogens is 3. The van der Waals surface area contributed by atoms with Gasteiger partial charge in [-0.2, -0.15) is 5.10 Å². The Hall–Kier alpha value is -2.04. The summed E-state index contributed by atoms with van der Waals surface area (Å²) in [6.45, 7) is 4.11. The monoisotopic (exact) mass is 272 g/mol. The number of anilines is 1. The summed E-state index contributed by atoms with van der Waals surface area (Å²) in [5, 5.41) is 7.15. The average Bonchev–Trinajstić information content (AvgIpc) is 2.95. The molecule has 2 aromatic rings. The van der Waals surface area contributed by atoms with Crippen LogP contribution in [0.1, 0.15) is 61.1 Å². The van der Waals surface area contributed by atoms with Crippen LogP contribution in [-0.2, 0) is 0 Å². The molecule has 2 aromatic heterocycles. The van der Waals surface area contributed by atoms with Crippen molar-refractivity contribution in [1.29, 1.82) is 0 Å². The molecule has 20 heavy (non-hydrogen) atoms. The largest absolute Gasteiger partial charge is 0.364 e. The van der Waals surface area contributed by atoms with Gasteiger partial charge in [0.15, 0.2) is 0 Å². The Bertz CT molecular complexity index is 607. The van der Waals surface area contributed by atoms with Crippen LogP contribution in [0.4, 0.5) is 5.69 Å². The Morgan fingerprint density at radius 1 is 1.50 bits per heavy atom. The number of hydrogen-bond donors (Lipinski definition) is 2. The summed E-state index contributed by atoms with van der Waals surface area (Å²) in [6, 6.07) is 2.15. The first-order chi connectivity index (χ1) is 9.65. The number of aromatic amines is 1. The van der Waals surface area contributed by atoms with Crippen LogP contribution in [0.3, 0.4) is 0 Å². The molecule has 0 saturated heterocycles. The zero-order chi connectivity index (χ0) is 14.1. The Balaban J connectivity index is 1.74. The summed E-state index contributed by atoms with van der Waals surface area (Å²) < 4.78 is 1.83. The third-order valence-corrected chi connectivity index (χ3v) is 3.93. The fraction of sp³-hybridized carbons (Fsp3) is 0.467. The molecule has 0 aromatic carbocycles. The van der Waals surface area contributed by atoms with Crippen molar-refractivity contribution in [3.63, 3.8) is 0 Å². The van der Waals surface area contributed by atoms with E-state index in [0.717, 1.165) is 16.9 Å². The standard InChI is InChI=1S/C15H20N4O/c1-10(2)19-9-12(8-17-19)18-15(20)13-6-7-16-14(13)11-4-3-5-11/h6-11,16H,3-5H2,1-2H3,(H,18,20). The number of rotatable bonds is 4. The summed E-state index contributed by atoms with van der Waals surface area (Å²) in [5.74, 6) is 0.459. The summed E-state index contributed by atoms with van der Waals surface area (Å²) in [5.41, 5.74) is 2.57. The van der Waals surface area contributed by atoms with E-state index in [1.165, 1.54) is 19.3 Å². The Morgan fingerprint density at radius 2 is 2.30 bits per heavy atom. The van der Waals surface area contributed by atoms with Crippen LogP contribution in [0.15, 0.2) is 24.7 Å². The minimum Gasteiger partial charge on any atom is -0.364 e. The molecule has 2 heterocycles. The van der Waals surface area contributed by atoms with Crippen LogP contribution < -0.4 is 5.32 Å². The fourth-order valence-electron chi connectivity index (χ4n) is 2.50. The van der Waals surface area contributed by atoms with E-state index in [4.69, 9.17) is 0 Å². The lowest BCUT2D eigenvalue weighted by Crippen LogP contribution is -2.17. The number of nitrogens with one attached hydrogen (secondary N) is 2. The van der Waals surface area contributed by atoms with Crippen LogP contribution in [-0.4, -0.2) is 20.7 Å². The third kappa shape index (κ3) is 2.35. The normalized spacial score (nSPS) is 15.3. The predicted molar refractivity (Wildman–Crippen MR) is 77.9 cm³/mol. The first-order valence-corrected chi connectivity index (χ1v) is 7.18. The Labute approximate surface area is 118 Å². The van der Waals surface area contributed by atoms with Crippen molar-refractivity contribution in [2.24, 2.45) is 0 Å². The zero-order valence-corrected chi connectivity index (χ0v) is 11.9. The summed E-state index contributed by atoms with van der Waals surface area (Å²) in [4.78, 5) is 15.6. The van der Waals surface area contributed by atoms with Crippen molar-refractivity contribution >= 4 is 11.6 Å². The molecule has 0 aliphatic heterocycles. The molecule has 0 bridgehead atoms. The van der Waals surface area contributed by atoms with Crippen molar-refractivity contribution in [3.05, 3.63) is 35.9 Å². The molecule has 1 saturated carbocycles. The highest BCUT2D eigenvalue weighted by Crippen LogP contribution is 2.37. The van der Waals surface area contributed by atoms with Gasteiger partial charge in [0, 0.05) is 24.1 Å². The summed E-state index contributed by atoms with van der Waals surface area (Å²) in [6.07, 6.45) is 9.00. The minimum atomic E-state index is -0.0588. The van der Waals surface area contributed by atoms with Crippen LogP contribution in [0.5, 0.6) is 0 Å². The third-order valence-electron chi connectivity index (χ3n) is 3.93. The van der Waals surface area contributed by atoms with E-state index in [9.17, 15) is 4.79 Å². The molecular weight excluding hydrogens is 252 g/mol. The second kappa shape index (κ2) is 5.15. The second-order valence-corrected chi connectivity index (χ2v) is 5.69. The Kier molecular flexibility index (Phi) is 3.34. The molecule has 5 nitrogen and oxygen atoms in total. The van der Waals surface area contributed by atoms with Gasteiger partial charge >= 0.3 is 0 Å². The maximum Gasteiger partial charge on any atom is 0.257 e. The fourth-order valence-corrected chi connectivity index (χ4v) is 2.50. The molecule has 1 aliphatic rings. The first-order valence-electron chi connectivity index (χ1n) is 7.18. The number of amides is 1. The van der Waals surface area contributed by atoms with Crippen LogP contribution in [0.25, 0.3) is 0 Å². The van der Waals surface area contributed by atoms with Gasteiger partial charge in [-0.25, -0.2) is 0 Å². The van der Waals surface area contributed by atoms with Gasteiger partial charge in [-0.1, -0.05) is 6.42 Å². The minimum absolute atomic E-state index is 0.0588. The lowest BCUT2D eigenvalue weighted by Gasteiger charge is -2.25. The topological polar surface area (TPSA) is 62.7 Å². The number of carbonyl (C=O) groups is 1. The maximum atomic E-state index is 12.4. The molecule has 0 radical (unpaired) electrons. The maximum absolute atomic E-state index is 12.4. The van der Waals surface area contributed by atoms with Crippen molar-refractivity contribution in [1.82, 2.24) is 14.8 Å². The SMILES string of the molecule is CC(C)n1cc(NC(=O)c2cc[nH]c2C2CCC2)cn1. The smallest absolute Gasteiger partial charge is 0.257 e. The van der Waals surface area contributed by atoms with E-state index in [2.05, 4.69) is 29.2 Å². The zero-order valence-electron chi connectivity index (χ0n) is 11.9. The van der Waals surface area contributed by atoms with Gasteiger partial charge in [0.25, 0.3) is 5.91 Å². The molecule has 0 spiro atoms. The molecule has 5 heteroatoms. The predicted octanol–water partition coefficient (Wildman–Crippen LogP) is 3.31. The highest BCUT2D eigenvalue weighted by Gasteiger charge is 2.25. The molecule has 1 aliphatic carbocycles. The molecule has 1 fully saturated rings. The highest BCUT2D eigenvalue weighted by atomic mass is 16.1. The van der Waals surface area contributed by atoms with Crippen molar-refractivity contribution in [2.75, 3.05) is 5.32 Å². The van der Waals surface area contributed by atoms with Gasteiger partial charge in [0.05, 0.1) is 17.4 Å². The van der Waals surface area contributed by atoms with E-state index in [1.807, 2.05) is 23.1 Å². The van der Waals surface area contributed by atoms with Gasteiger partial charge in [0.2, 0.25) is 0 Å². The lowest BCUT2D eigenvalue weighted by molar-refractivity contribution is 0.102. The molecule has 2 N–H and O–H groups in total. The molecule has 0 atom stereocenters. The van der Waals surface area contributed by atoms with Crippen LogP contribution in [0, 0.1) is 0 Å². The van der Waals surface area contributed by atoms with E-state index in [0.29, 0.717) is 12.0 Å². The van der Waals surface area contributed by atoms with Crippen molar-refractivity contribution < 1.29 is 4.79 Å². The van der Waals surface area contributed by atoms with Crippen LogP contribution in [0.2, 0.25) is 0 Å². The second-order valence-electron chi connectivity index (χ2n) is 5.69. The lowest BCUT2D eigenvalue weighted by atomic mass is 9.81. The number of carbonyl (C=O) groups excluding carboxylic acids is 1. The van der Waals surface area contributed by atoms with Gasteiger partial charge in [-0.05, 0) is 38.7 Å². The van der Waals surface area contributed by atoms with Gasteiger partial charge < -0.3 is 10.3 Å². The quantitative estimate of drug-likeness (QED) is 0.897. The van der Waals surface area contributed by atoms with E-state index >= 15 is 0 Å². The van der Waals surface area contributed by atoms with Gasteiger partial charge in [-0.3, -0.25) is 9.48 Å². The number of nitrogens with zero attached hydrogens (tertiary/aromatic N) is 2. The summed E-state index contributed by atoms with van der Waals surface area (Å²) in [7, 11) is 0. The number of H-pyrrole nitrogens is 1. The summed E-state index contributed by atoms with van der Waals surface area (Å²) >= 11 is 0. The van der Waals surface area contributed by atoms with Crippen molar-refractivity contribution in [3.8, 4) is 0 Å². The number of hydrogen-bond acceptors (Lipinski definition) is 2. The highest BCUT2D eigenvalue weighted by molar-refractivity contribution is 6.05. The molecule has 106 valence electrons. The van der Waals surface area contributed by atoms with E-state index in [1.54, 1.807) is 6.20 Å². The molecule has 3 rings (SSSR count). The Morgan fingerprint density at radius 3 is 2.90 bits per heavy atom. The van der Waals surface area contributed by atoms with Gasteiger partial charge in [-0.15, -0.1) is 0 Å². The van der Waals surface area contributed by atoms with Gasteiger partial charge in [0.1, 0.15) is 0 Å². The molecular formula is C15H20N4O. The van der Waals surface area contributed by atoms with E-state index in [-0.39, 0.29) is 5.91 Å². The molecule has 1 amide bonds. The van der Waals surface area contributed by atoms with Crippen molar-refractivity contribution in [2.45, 2.75) is 45.1 Å². The van der Waals surface area contributed by atoms with Crippen LogP contribution >= 0.6 is 0 Å².